The van der Waals surface area contributed by atoms with Gasteiger partial charge in [0, 0.05) is 33.0 Å². The lowest BCUT2D eigenvalue weighted by Gasteiger charge is -2.36. The molecular formula is C16H18N4O3. The van der Waals surface area contributed by atoms with Gasteiger partial charge >= 0.3 is 0 Å². The fourth-order valence-electron chi connectivity index (χ4n) is 2.84. The molecule has 1 N–H and O–H groups in total. The Bertz CT molecular complexity index is 671. The number of amides is 3. The standard InChI is InChI=1S/C16H18N4O3/c1-19-13(21)8-7-12(18-19)16(23)20-10-9-17-15(22)14(20)11-5-3-2-4-6-11/h2-6,14H,7-10H2,1H3,(H,17,22). The molecule has 3 rings (SSSR count). The third-order valence-electron chi connectivity index (χ3n) is 4.04. The molecule has 2 heterocycles. The van der Waals surface area contributed by atoms with E-state index < -0.39 is 6.04 Å². The fourth-order valence-corrected chi connectivity index (χ4v) is 2.84. The van der Waals surface area contributed by atoms with Crippen molar-refractivity contribution in [1.82, 2.24) is 15.2 Å². The highest BCUT2D eigenvalue weighted by molar-refractivity contribution is 6.39. The van der Waals surface area contributed by atoms with Crippen molar-refractivity contribution in [2.24, 2.45) is 5.10 Å². The Morgan fingerprint density at radius 3 is 2.65 bits per heavy atom. The van der Waals surface area contributed by atoms with Crippen molar-refractivity contribution in [1.29, 1.82) is 0 Å². The van der Waals surface area contributed by atoms with Crippen molar-refractivity contribution in [2.45, 2.75) is 18.9 Å². The Labute approximate surface area is 133 Å². The molecule has 1 aromatic rings. The Balaban J connectivity index is 1.90. The number of nitrogens with one attached hydrogen (secondary N) is 1. The Morgan fingerprint density at radius 1 is 1.22 bits per heavy atom. The average Bonchev–Trinajstić information content (AvgIpc) is 2.57. The number of hydrazone groups is 1. The van der Waals surface area contributed by atoms with Crippen LogP contribution in [-0.4, -0.2) is 53.5 Å². The number of piperazine rings is 1. The van der Waals surface area contributed by atoms with E-state index in [1.807, 2.05) is 30.3 Å². The quantitative estimate of drug-likeness (QED) is 0.852. The highest BCUT2D eigenvalue weighted by Gasteiger charge is 2.37. The molecule has 0 aliphatic carbocycles. The first-order chi connectivity index (χ1) is 11.1. The molecule has 7 heteroatoms. The predicted molar refractivity (Wildman–Crippen MR) is 83.3 cm³/mol. The maximum Gasteiger partial charge on any atom is 0.271 e. The van der Waals surface area contributed by atoms with Gasteiger partial charge in [0.1, 0.15) is 11.8 Å². The maximum atomic E-state index is 12.8. The minimum atomic E-state index is -0.664. The molecule has 1 unspecified atom stereocenters. The van der Waals surface area contributed by atoms with Gasteiger partial charge in [0.05, 0.1) is 0 Å². The number of carbonyl (C=O) groups excluding carboxylic acids is 3. The van der Waals surface area contributed by atoms with Crippen molar-refractivity contribution in [2.75, 3.05) is 20.1 Å². The summed E-state index contributed by atoms with van der Waals surface area (Å²) in [7, 11) is 1.53. The molecule has 0 radical (unpaired) electrons. The van der Waals surface area contributed by atoms with E-state index in [-0.39, 0.29) is 24.1 Å². The van der Waals surface area contributed by atoms with E-state index in [0.717, 1.165) is 5.56 Å². The van der Waals surface area contributed by atoms with Gasteiger partial charge in [-0.25, -0.2) is 5.01 Å². The van der Waals surface area contributed by atoms with Crippen LogP contribution in [0.15, 0.2) is 35.4 Å². The molecule has 1 atom stereocenters. The molecule has 0 saturated carbocycles. The van der Waals surface area contributed by atoms with Crippen LogP contribution in [-0.2, 0) is 14.4 Å². The van der Waals surface area contributed by atoms with Crippen LogP contribution >= 0.6 is 0 Å². The van der Waals surface area contributed by atoms with E-state index in [1.54, 1.807) is 0 Å². The van der Waals surface area contributed by atoms with Gasteiger partial charge in [0.2, 0.25) is 11.8 Å². The van der Waals surface area contributed by atoms with Gasteiger partial charge < -0.3 is 10.2 Å². The van der Waals surface area contributed by atoms with E-state index in [9.17, 15) is 14.4 Å². The normalized spacial score (nSPS) is 21.8. The lowest BCUT2D eigenvalue weighted by atomic mass is 10.0. The van der Waals surface area contributed by atoms with Crippen LogP contribution in [0, 0.1) is 0 Å². The topological polar surface area (TPSA) is 82.1 Å². The van der Waals surface area contributed by atoms with Crippen molar-refractivity contribution in [3.63, 3.8) is 0 Å². The summed E-state index contributed by atoms with van der Waals surface area (Å²) in [6.45, 7) is 0.830. The highest BCUT2D eigenvalue weighted by atomic mass is 16.2. The molecule has 0 spiro atoms. The first kappa shape index (κ1) is 15.2. The van der Waals surface area contributed by atoms with E-state index in [1.165, 1.54) is 17.0 Å². The summed E-state index contributed by atoms with van der Waals surface area (Å²) in [6.07, 6.45) is 0.568. The van der Waals surface area contributed by atoms with Gasteiger partial charge in [0.25, 0.3) is 5.91 Å². The molecule has 1 fully saturated rings. The van der Waals surface area contributed by atoms with Crippen LogP contribution in [0.1, 0.15) is 24.4 Å². The first-order valence-electron chi connectivity index (χ1n) is 7.55. The fraction of sp³-hybridized carbons (Fsp3) is 0.375. The predicted octanol–water partition coefficient (Wildman–Crippen LogP) is 0.294. The van der Waals surface area contributed by atoms with Crippen LogP contribution in [0.3, 0.4) is 0 Å². The zero-order chi connectivity index (χ0) is 16.4. The molecule has 1 aromatic carbocycles. The van der Waals surface area contributed by atoms with E-state index in [2.05, 4.69) is 10.4 Å². The van der Waals surface area contributed by atoms with Gasteiger partial charge in [-0.05, 0) is 5.56 Å². The second-order valence-corrected chi connectivity index (χ2v) is 5.57. The summed E-state index contributed by atoms with van der Waals surface area (Å²) < 4.78 is 0. The summed E-state index contributed by atoms with van der Waals surface area (Å²) in [5.41, 5.74) is 1.08. The summed E-state index contributed by atoms with van der Waals surface area (Å²) in [6, 6.07) is 8.53. The number of carbonyl (C=O) groups is 3. The second kappa shape index (κ2) is 6.20. The molecule has 7 nitrogen and oxygen atoms in total. The molecule has 0 aromatic heterocycles. The van der Waals surface area contributed by atoms with Gasteiger partial charge in [0.15, 0.2) is 0 Å². The van der Waals surface area contributed by atoms with Crippen LogP contribution in [0.4, 0.5) is 0 Å². The number of benzene rings is 1. The minimum Gasteiger partial charge on any atom is -0.352 e. The summed E-state index contributed by atoms with van der Waals surface area (Å²) in [4.78, 5) is 38.2. The van der Waals surface area contributed by atoms with E-state index in [0.29, 0.717) is 25.2 Å². The van der Waals surface area contributed by atoms with Gasteiger partial charge in [-0.2, -0.15) is 5.10 Å². The number of rotatable bonds is 2. The third-order valence-corrected chi connectivity index (χ3v) is 4.04. The molecule has 1 saturated heterocycles. The largest absolute Gasteiger partial charge is 0.352 e. The van der Waals surface area contributed by atoms with Gasteiger partial charge in [-0.15, -0.1) is 0 Å². The lowest BCUT2D eigenvalue weighted by molar-refractivity contribution is -0.139. The number of hydrogen-bond acceptors (Lipinski definition) is 4. The monoisotopic (exact) mass is 314 g/mol. The SMILES string of the molecule is CN1N=C(C(=O)N2CCNC(=O)C2c2ccccc2)CCC1=O. The summed E-state index contributed by atoms with van der Waals surface area (Å²) >= 11 is 0. The molecule has 120 valence electrons. The third kappa shape index (κ3) is 2.94. The van der Waals surface area contributed by atoms with Crippen LogP contribution < -0.4 is 5.32 Å². The van der Waals surface area contributed by atoms with E-state index in [4.69, 9.17) is 0 Å². The van der Waals surface area contributed by atoms with Crippen LogP contribution in [0.25, 0.3) is 0 Å². The molecule has 2 aliphatic heterocycles. The zero-order valence-electron chi connectivity index (χ0n) is 12.9. The van der Waals surface area contributed by atoms with Gasteiger partial charge in [-0.1, -0.05) is 30.3 Å². The Hall–Kier alpha value is -2.70. The highest BCUT2D eigenvalue weighted by Crippen LogP contribution is 2.24. The number of hydrogen-bond donors (Lipinski definition) is 1. The summed E-state index contributed by atoms with van der Waals surface area (Å²) in [5.74, 6) is -0.595. The van der Waals surface area contributed by atoms with Crippen molar-refractivity contribution >= 4 is 23.4 Å². The maximum absolute atomic E-state index is 12.8. The van der Waals surface area contributed by atoms with Crippen molar-refractivity contribution in [3.8, 4) is 0 Å². The Morgan fingerprint density at radius 2 is 1.96 bits per heavy atom. The molecule has 2 aliphatic rings. The van der Waals surface area contributed by atoms with Crippen molar-refractivity contribution in [3.05, 3.63) is 35.9 Å². The Kier molecular flexibility index (Phi) is 4.10. The summed E-state index contributed by atoms with van der Waals surface area (Å²) in [5, 5.41) is 8.06. The van der Waals surface area contributed by atoms with E-state index >= 15 is 0 Å². The lowest BCUT2D eigenvalue weighted by Crippen LogP contribution is -2.54. The number of nitrogens with zero attached hydrogens (tertiary/aromatic N) is 3. The smallest absolute Gasteiger partial charge is 0.271 e. The molecular weight excluding hydrogens is 296 g/mol. The van der Waals surface area contributed by atoms with Gasteiger partial charge in [-0.3, -0.25) is 14.4 Å². The minimum absolute atomic E-state index is 0.113. The molecule has 0 bridgehead atoms. The van der Waals surface area contributed by atoms with Crippen LogP contribution in [0.5, 0.6) is 0 Å². The molecule has 3 amide bonds. The van der Waals surface area contributed by atoms with Crippen molar-refractivity contribution < 1.29 is 14.4 Å². The molecule has 23 heavy (non-hydrogen) atoms. The average molecular weight is 314 g/mol. The van der Waals surface area contributed by atoms with Crippen LogP contribution in [0.2, 0.25) is 0 Å². The second-order valence-electron chi connectivity index (χ2n) is 5.57. The first-order valence-corrected chi connectivity index (χ1v) is 7.55. The zero-order valence-corrected chi connectivity index (χ0v) is 12.9.